The maximum Gasteiger partial charge on any atom is 0.0940 e. The molecule has 0 aliphatic rings. The van der Waals surface area contributed by atoms with Crippen LogP contribution in [0.4, 0.5) is 0 Å². The number of hydrogen-bond donors (Lipinski definition) is 2. The van der Waals surface area contributed by atoms with Gasteiger partial charge in [-0.15, -0.1) is 11.3 Å². The summed E-state index contributed by atoms with van der Waals surface area (Å²) in [5.41, 5.74) is 6.62. The predicted molar refractivity (Wildman–Crippen MR) is 66.3 cm³/mol. The van der Waals surface area contributed by atoms with Crippen molar-refractivity contribution in [2.45, 2.75) is 26.7 Å². The Balaban J connectivity index is 2.06. The number of aromatic nitrogens is 1. The van der Waals surface area contributed by atoms with E-state index >= 15 is 0 Å². The summed E-state index contributed by atoms with van der Waals surface area (Å²) >= 11 is 1.75. The van der Waals surface area contributed by atoms with Gasteiger partial charge in [-0.3, -0.25) is 0 Å². The molecule has 0 bridgehead atoms. The molecule has 0 spiro atoms. The Bertz CT molecular complexity index is 273. The molecule has 0 radical (unpaired) electrons. The number of nitrogens with zero attached hydrogens (tertiary/aromatic N) is 1. The molecular formula is C11H21N3S. The van der Waals surface area contributed by atoms with E-state index in [0.717, 1.165) is 38.2 Å². The summed E-state index contributed by atoms with van der Waals surface area (Å²) < 4.78 is 0. The monoisotopic (exact) mass is 227 g/mol. The lowest BCUT2D eigenvalue weighted by Crippen LogP contribution is -2.24. The molecule has 1 heterocycles. The minimum Gasteiger partial charge on any atom is -0.330 e. The molecule has 1 unspecified atom stereocenters. The Morgan fingerprint density at radius 1 is 1.60 bits per heavy atom. The van der Waals surface area contributed by atoms with Gasteiger partial charge in [-0.1, -0.05) is 6.92 Å². The highest BCUT2D eigenvalue weighted by Crippen LogP contribution is 2.08. The average molecular weight is 227 g/mol. The summed E-state index contributed by atoms with van der Waals surface area (Å²) in [7, 11) is 0. The standard InChI is InChI=1S/C11H21N3S/c1-9(3-5-12)7-13-6-4-11-14-10(2)8-15-11/h8-9,13H,3-7,12H2,1-2H3. The van der Waals surface area contributed by atoms with Crippen molar-refractivity contribution in [3.05, 3.63) is 16.1 Å². The Morgan fingerprint density at radius 3 is 3.00 bits per heavy atom. The van der Waals surface area contributed by atoms with E-state index < -0.39 is 0 Å². The van der Waals surface area contributed by atoms with Crippen molar-refractivity contribution in [2.24, 2.45) is 11.7 Å². The molecule has 15 heavy (non-hydrogen) atoms. The van der Waals surface area contributed by atoms with Gasteiger partial charge in [0.05, 0.1) is 5.01 Å². The summed E-state index contributed by atoms with van der Waals surface area (Å²) in [4.78, 5) is 4.42. The van der Waals surface area contributed by atoms with Crippen LogP contribution in [0.2, 0.25) is 0 Å². The van der Waals surface area contributed by atoms with Crippen molar-refractivity contribution >= 4 is 11.3 Å². The van der Waals surface area contributed by atoms with E-state index in [1.165, 1.54) is 5.01 Å². The first-order valence-corrected chi connectivity index (χ1v) is 6.42. The normalized spacial score (nSPS) is 13.0. The second kappa shape index (κ2) is 6.93. The van der Waals surface area contributed by atoms with E-state index in [9.17, 15) is 0 Å². The van der Waals surface area contributed by atoms with E-state index in [1.54, 1.807) is 11.3 Å². The van der Waals surface area contributed by atoms with Gasteiger partial charge in [0.25, 0.3) is 0 Å². The molecular weight excluding hydrogens is 206 g/mol. The van der Waals surface area contributed by atoms with E-state index in [2.05, 4.69) is 22.6 Å². The lowest BCUT2D eigenvalue weighted by atomic mass is 10.1. The zero-order chi connectivity index (χ0) is 11.1. The van der Waals surface area contributed by atoms with Crippen molar-refractivity contribution in [3.63, 3.8) is 0 Å². The van der Waals surface area contributed by atoms with Crippen LogP contribution in [0.25, 0.3) is 0 Å². The average Bonchev–Trinajstić information content (AvgIpc) is 2.60. The van der Waals surface area contributed by atoms with Crippen molar-refractivity contribution in [3.8, 4) is 0 Å². The predicted octanol–water partition coefficient (Wildman–Crippen LogP) is 1.57. The number of rotatable bonds is 7. The largest absolute Gasteiger partial charge is 0.330 e. The smallest absolute Gasteiger partial charge is 0.0940 e. The molecule has 4 heteroatoms. The molecule has 0 aliphatic carbocycles. The van der Waals surface area contributed by atoms with E-state index in [0.29, 0.717) is 5.92 Å². The van der Waals surface area contributed by atoms with Gasteiger partial charge in [0.1, 0.15) is 0 Å². The lowest BCUT2D eigenvalue weighted by molar-refractivity contribution is 0.489. The third-order valence-corrected chi connectivity index (χ3v) is 3.36. The SMILES string of the molecule is Cc1csc(CCNCC(C)CCN)n1. The molecule has 0 aliphatic heterocycles. The van der Waals surface area contributed by atoms with Crippen molar-refractivity contribution in [1.29, 1.82) is 0 Å². The molecule has 0 amide bonds. The number of aryl methyl sites for hydroxylation is 1. The molecule has 0 aromatic carbocycles. The van der Waals surface area contributed by atoms with Crippen LogP contribution in [0.15, 0.2) is 5.38 Å². The second-order valence-electron chi connectivity index (χ2n) is 4.02. The Kier molecular flexibility index (Phi) is 5.83. The van der Waals surface area contributed by atoms with Gasteiger partial charge in [0.15, 0.2) is 0 Å². The first-order chi connectivity index (χ1) is 7.22. The number of nitrogens with two attached hydrogens (primary N) is 1. The van der Waals surface area contributed by atoms with E-state index in [1.807, 2.05) is 6.92 Å². The van der Waals surface area contributed by atoms with Crippen molar-refractivity contribution < 1.29 is 0 Å². The molecule has 0 saturated carbocycles. The van der Waals surface area contributed by atoms with Gasteiger partial charge < -0.3 is 11.1 Å². The summed E-state index contributed by atoms with van der Waals surface area (Å²) in [5, 5.41) is 6.77. The van der Waals surface area contributed by atoms with Gasteiger partial charge in [-0.25, -0.2) is 4.98 Å². The fourth-order valence-electron chi connectivity index (χ4n) is 1.45. The number of thiazole rings is 1. The molecule has 86 valence electrons. The van der Waals surface area contributed by atoms with Crippen LogP contribution in [0.1, 0.15) is 24.0 Å². The summed E-state index contributed by atoms with van der Waals surface area (Å²) in [5.74, 6) is 0.674. The van der Waals surface area contributed by atoms with Crippen LogP contribution in [0, 0.1) is 12.8 Å². The molecule has 3 N–H and O–H groups in total. The van der Waals surface area contributed by atoms with Crippen molar-refractivity contribution in [2.75, 3.05) is 19.6 Å². The maximum absolute atomic E-state index is 5.49. The van der Waals surface area contributed by atoms with Crippen LogP contribution < -0.4 is 11.1 Å². The first kappa shape index (κ1) is 12.6. The third-order valence-electron chi connectivity index (χ3n) is 2.33. The second-order valence-corrected chi connectivity index (χ2v) is 4.96. The lowest BCUT2D eigenvalue weighted by Gasteiger charge is -2.10. The molecule has 1 aromatic heterocycles. The highest BCUT2D eigenvalue weighted by molar-refractivity contribution is 7.09. The molecule has 0 saturated heterocycles. The Hall–Kier alpha value is -0.450. The Morgan fingerprint density at radius 2 is 2.40 bits per heavy atom. The van der Waals surface area contributed by atoms with Crippen LogP contribution >= 0.6 is 11.3 Å². The quantitative estimate of drug-likeness (QED) is 0.695. The van der Waals surface area contributed by atoms with Crippen LogP contribution in [0.5, 0.6) is 0 Å². The summed E-state index contributed by atoms with van der Waals surface area (Å²) in [6, 6.07) is 0. The fraction of sp³-hybridized carbons (Fsp3) is 0.727. The molecule has 1 atom stereocenters. The minimum atomic E-state index is 0.674. The molecule has 1 rings (SSSR count). The molecule has 3 nitrogen and oxygen atoms in total. The van der Waals surface area contributed by atoms with Gasteiger partial charge >= 0.3 is 0 Å². The molecule has 0 fully saturated rings. The van der Waals surface area contributed by atoms with Crippen molar-refractivity contribution in [1.82, 2.24) is 10.3 Å². The van der Waals surface area contributed by atoms with Crippen LogP contribution in [0.3, 0.4) is 0 Å². The highest BCUT2D eigenvalue weighted by atomic mass is 32.1. The van der Waals surface area contributed by atoms with E-state index in [-0.39, 0.29) is 0 Å². The zero-order valence-electron chi connectivity index (χ0n) is 9.62. The zero-order valence-corrected chi connectivity index (χ0v) is 10.4. The number of nitrogens with one attached hydrogen (secondary N) is 1. The number of hydrogen-bond acceptors (Lipinski definition) is 4. The van der Waals surface area contributed by atoms with Gasteiger partial charge in [0, 0.05) is 24.0 Å². The summed E-state index contributed by atoms with van der Waals surface area (Å²) in [6.45, 7) is 7.13. The van der Waals surface area contributed by atoms with Crippen LogP contribution in [-0.2, 0) is 6.42 Å². The topological polar surface area (TPSA) is 50.9 Å². The fourth-order valence-corrected chi connectivity index (χ4v) is 2.22. The molecule has 1 aromatic rings. The summed E-state index contributed by atoms with van der Waals surface area (Å²) in [6.07, 6.45) is 2.14. The Labute approximate surface area is 96.1 Å². The maximum atomic E-state index is 5.49. The third kappa shape index (κ3) is 5.25. The van der Waals surface area contributed by atoms with Crippen LogP contribution in [-0.4, -0.2) is 24.6 Å². The minimum absolute atomic E-state index is 0.674. The first-order valence-electron chi connectivity index (χ1n) is 5.54. The van der Waals surface area contributed by atoms with Gasteiger partial charge in [-0.05, 0) is 32.4 Å². The highest BCUT2D eigenvalue weighted by Gasteiger charge is 2.01. The van der Waals surface area contributed by atoms with Gasteiger partial charge in [0.2, 0.25) is 0 Å². The van der Waals surface area contributed by atoms with E-state index in [4.69, 9.17) is 5.73 Å². The van der Waals surface area contributed by atoms with Gasteiger partial charge in [-0.2, -0.15) is 0 Å².